The van der Waals surface area contributed by atoms with E-state index in [0.29, 0.717) is 0 Å². The number of carbonyl (C=O) groups is 2. The Morgan fingerprint density at radius 1 is 0.700 bits per heavy atom. The molecular formula is C23H23NNa2O4. The van der Waals surface area contributed by atoms with E-state index >= 15 is 0 Å². The van der Waals surface area contributed by atoms with Crippen molar-refractivity contribution in [2.75, 3.05) is 13.1 Å². The van der Waals surface area contributed by atoms with E-state index < -0.39 is 25.0 Å². The fraction of sp³-hybridized carbons (Fsp3) is 0.130. The summed E-state index contributed by atoms with van der Waals surface area (Å²) in [5, 5.41) is 21.0. The van der Waals surface area contributed by atoms with Crippen molar-refractivity contribution in [3.8, 4) is 0 Å². The summed E-state index contributed by atoms with van der Waals surface area (Å²) in [7, 11) is 0. The Bertz CT molecular complexity index is 775. The van der Waals surface area contributed by atoms with Gasteiger partial charge < -0.3 is 19.8 Å². The van der Waals surface area contributed by atoms with E-state index in [4.69, 9.17) is 0 Å². The summed E-state index contributed by atoms with van der Waals surface area (Å²) in [5.74, 6) is -2.64. The number of nitrogens with zero attached hydrogens (tertiary/aromatic N) is 1. The van der Waals surface area contributed by atoms with Crippen LogP contribution in [-0.4, -0.2) is 29.9 Å². The van der Waals surface area contributed by atoms with Gasteiger partial charge in [-0.25, -0.2) is 0 Å². The molecule has 0 atom stereocenters. The summed E-state index contributed by atoms with van der Waals surface area (Å²) in [4.78, 5) is 22.2. The van der Waals surface area contributed by atoms with Gasteiger partial charge in [-0.1, -0.05) is 86.5 Å². The Balaban J connectivity index is 0. The van der Waals surface area contributed by atoms with Gasteiger partial charge in [0.2, 0.25) is 0 Å². The topological polar surface area (TPSA) is 83.5 Å². The van der Waals surface area contributed by atoms with Gasteiger partial charge in [-0.05, 0) is 22.3 Å². The number of rotatable bonds is 9. The molecule has 0 saturated carbocycles. The van der Waals surface area contributed by atoms with E-state index in [-0.39, 0.29) is 65.7 Å². The minimum Gasteiger partial charge on any atom is -0.549 e. The van der Waals surface area contributed by atoms with Crippen molar-refractivity contribution in [1.29, 1.82) is 0 Å². The van der Waals surface area contributed by atoms with Gasteiger partial charge in [0.15, 0.2) is 0 Å². The number of hydrogen-bond donors (Lipinski definition) is 0. The molecule has 0 aliphatic heterocycles. The van der Waals surface area contributed by atoms with Crippen LogP contribution in [-0.2, 0) is 16.1 Å². The zero-order valence-electron chi connectivity index (χ0n) is 17.7. The molecule has 0 heterocycles. The Morgan fingerprint density at radius 3 is 1.27 bits per heavy atom. The third kappa shape index (κ3) is 13.0. The first-order valence-corrected chi connectivity index (χ1v) is 8.56. The maximum atomic E-state index is 10.5. The van der Waals surface area contributed by atoms with E-state index in [2.05, 4.69) is 19.7 Å². The molecule has 2 aromatic rings. The van der Waals surface area contributed by atoms with Gasteiger partial charge in [-0.15, -0.1) is 0 Å². The van der Waals surface area contributed by atoms with Crippen molar-refractivity contribution in [1.82, 2.24) is 4.90 Å². The van der Waals surface area contributed by atoms with Crippen LogP contribution in [0.1, 0.15) is 22.3 Å². The van der Waals surface area contributed by atoms with E-state index in [9.17, 15) is 19.8 Å². The van der Waals surface area contributed by atoms with Crippen LogP contribution < -0.4 is 69.3 Å². The van der Waals surface area contributed by atoms with Gasteiger partial charge in [0, 0.05) is 19.6 Å². The predicted molar refractivity (Wildman–Crippen MR) is 108 cm³/mol. The second-order valence-electron chi connectivity index (χ2n) is 5.91. The van der Waals surface area contributed by atoms with E-state index in [1.807, 2.05) is 48.6 Å². The first kappa shape index (κ1) is 30.8. The molecule has 0 spiro atoms. The predicted octanol–water partition coefficient (Wildman–Crippen LogP) is -4.39. The molecule has 0 N–H and O–H groups in total. The van der Waals surface area contributed by atoms with Crippen LogP contribution in [0.4, 0.5) is 0 Å². The van der Waals surface area contributed by atoms with Gasteiger partial charge in [-0.3, -0.25) is 4.90 Å². The fourth-order valence-electron chi connectivity index (χ4n) is 2.32. The Morgan fingerprint density at radius 2 is 1.00 bits per heavy atom. The molecule has 5 nitrogen and oxygen atoms in total. The number of aliphatic carboxylic acids is 2. The first-order valence-electron chi connectivity index (χ1n) is 8.56. The number of carbonyl (C=O) groups excluding carboxylic acids is 2. The SMILES string of the molecule is C=Cc1ccc(C=C)cc1.C=Cc1ccc(CN(CC(=O)[O-])CC(=O)[O-])cc1.[Na+].[Na+]. The van der Waals surface area contributed by atoms with Crippen LogP contribution in [0.25, 0.3) is 18.2 Å². The third-order valence-electron chi connectivity index (χ3n) is 3.73. The number of hydrogen-bond acceptors (Lipinski definition) is 5. The van der Waals surface area contributed by atoms with Gasteiger partial charge in [0.1, 0.15) is 0 Å². The van der Waals surface area contributed by atoms with Crippen molar-refractivity contribution in [2.24, 2.45) is 0 Å². The average Bonchev–Trinajstić information content (AvgIpc) is 2.68. The molecule has 0 aliphatic rings. The summed E-state index contributed by atoms with van der Waals surface area (Å²) in [6.45, 7) is 10.3. The molecule has 2 aromatic carbocycles. The van der Waals surface area contributed by atoms with Crippen LogP contribution in [0.15, 0.2) is 68.3 Å². The maximum Gasteiger partial charge on any atom is 1.00 e. The van der Waals surface area contributed by atoms with Crippen molar-refractivity contribution in [3.05, 3.63) is 90.5 Å². The molecule has 0 amide bonds. The molecule has 146 valence electrons. The Hall–Kier alpha value is -1.44. The molecule has 0 aliphatic carbocycles. The first-order chi connectivity index (χ1) is 13.4. The summed E-state index contributed by atoms with van der Waals surface area (Å²) in [6.07, 6.45) is 5.34. The van der Waals surface area contributed by atoms with E-state index in [1.165, 1.54) is 4.90 Å². The van der Waals surface area contributed by atoms with Crippen molar-refractivity contribution >= 4 is 30.2 Å². The molecule has 2 rings (SSSR count). The second-order valence-corrected chi connectivity index (χ2v) is 5.91. The largest absolute Gasteiger partial charge is 1.00 e. The fourth-order valence-corrected chi connectivity index (χ4v) is 2.32. The van der Waals surface area contributed by atoms with Crippen LogP contribution in [0, 0.1) is 0 Å². The molecule has 0 saturated heterocycles. The second kappa shape index (κ2) is 17.3. The molecule has 7 heteroatoms. The summed E-state index contributed by atoms with van der Waals surface area (Å²) in [5.41, 5.74) is 4.03. The average molecular weight is 423 g/mol. The minimum absolute atomic E-state index is 0. The number of carboxylic acids is 2. The van der Waals surface area contributed by atoms with Crippen molar-refractivity contribution in [2.45, 2.75) is 6.54 Å². The smallest absolute Gasteiger partial charge is 0.549 e. The summed E-state index contributed by atoms with van der Waals surface area (Å²) in [6, 6.07) is 15.3. The molecule has 30 heavy (non-hydrogen) atoms. The third-order valence-corrected chi connectivity index (χ3v) is 3.73. The van der Waals surface area contributed by atoms with Gasteiger partial charge in [-0.2, -0.15) is 0 Å². The van der Waals surface area contributed by atoms with Gasteiger partial charge in [0.25, 0.3) is 0 Å². The minimum atomic E-state index is -1.32. The molecule has 0 aromatic heterocycles. The monoisotopic (exact) mass is 423 g/mol. The molecule has 0 unspecified atom stereocenters. The standard InChI is InChI=1S/C13H15NO4.C10H10.2Na/c1-2-10-3-5-11(6-4-10)7-14(8-12(15)16)9-13(17)18;1-3-9-5-7-10(4-2)8-6-9;;/h2-6H,1,7-9H2,(H,15,16)(H,17,18);3-8H,1-2H2;;/q;;2*+1/p-2. The number of carboxylic acid groups (broad SMARTS) is 2. The zero-order chi connectivity index (χ0) is 20.9. The van der Waals surface area contributed by atoms with Crippen LogP contribution >= 0.6 is 0 Å². The van der Waals surface area contributed by atoms with Crippen LogP contribution in [0.5, 0.6) is 0 Å². The molecular weight excluding hydrogens is 400 g/mol. The Labute approximate surface area is 222 Å². The Kier molecular flexibility index (Phi) is 17.7. The normalized spacial score (nSPS) is 9.10. The van der Waals surface area contributed by atoms with Crippen molar-refractivity contribution < 1.29 is 78.9 Å². The van der Waals surface area contributed by atoms with Crippen molar-refractivity contribution in [3.63, 3.8) is 0 Å². The van der Waals surface area contributed by atoms with Crippen LogP contribution in [0.2, 0.25) is 0 Å². The van der Waals surface area contributed by atoms with Gasteiger partial charge >= 0.3 is 59.1 Å². The molecule has 0 bridgehead atoms. The molecule has 0 radical (unpaired) electrons. The van der Waals surface area contributed by atoms with Crippen LogP contribution in [0.3, 0.4) is 0 Å². The summed E-state index contributed by atoms with van der Waals surface area (Å²) < 4.78 is 0. The quantitative estimate of drug-likeness (QED) is 0.381. The number of benzene rings is 2. The van der Waals surface area contributed by atoms with Gasteiger partial charge in [0.05, 0.1) is 11.9 Å². The van der Waals surface area contributed by atoms with E-state index in [0.717, 1.165) is 22.3 Å². The maximum absolute atomic E-state index is 10.5. The molecule has 0 fully saturated rings. The van der Waals surface area contributed by atoms with E-state index in [1.54, 1.807) is 18.2 Å². The zero-order valence-corrected chi connectivity index (χ0v) is 21.7. The summed E-state index contributed by atoms with van der Waals surface area (Å²) >= 11 is 0.